The molecule has 7 heteroatoms. The van der Waals surface area contributed by atoms with E-state index in [0.29, 0.717) is 6.79 Å². The number of fused-ring (bicyclic) bond motifs is 1. The minimum atomic E-state index is 0. The molecule has 28 heavy (non-hydrogen) atoms. The first-order chi connectivity index (χ1) is 13.3. The highest BCUT2D eigenvalue weighted by molar-refractivity contribution is 14.0. The minimum Gasteiger partial charge on any atom is -0.454 e. The van der Waals surface area contributed by atoms with Crippen LogP contribution in [0.4, 0.5) is 0 Å². The van der Waals surface area contributed by atoms with Crippen molar-refractivity contribution in [2.75, 3.05) is 40.1 Å². The zero-order chi connectivity index (χ0) is 19.0. The minimum absolute atomic E-state index is 0. The average molecular weight is 503 g/mol. The lowest BCUT2D eigenvalue weighted by molar-refractivity contribution is 0.0513. The highest BCUT2D eigenvalue weighted by atomic mass is 127. The fourth-order valence-electron chi connectivity index (χ4n) is 3.79. The van der Waals surface area contributed by atoms with Crippen molar-refractivity contribution in [1.82, 2.24) is 10.6 Å². The molecule has 3 rings (SSSR count). The van der Waals surface area contributed by atoms with E-state index < -0.39 is 0 Å². The van der Waals surface area contributed by atoms with Crippen molar-refractivity contribution in [3.05, 3.63) is 23.8 Å². The molecule has 0 amide bonds. The Balaban J connectivity index is 0.00000280. The van der Waals surface area contributed by atoms with Gasteiger partial charge in [0.1, 0.15) is 0 Å². The maximum Gasteiger partial charge on any atom is 0.231 e. The molecule has 0 spiro atoms. The summed E-state index contributed by atoms with van der Waals surface area (Å²) in [6.45, 7) is 5.88. The molecule has 0 saturated carbocycles. The van der Waals surface area contributed by atoms with Gasteiger partial charge in [-0.15, -0.1) is 24.0 Å². The number of halogens is 1. The largest absolute Gasteiger partial charge is 0.454 e. The van der Waals surface area contributed by atoms with Crippen LogP contribution < -0.4 is 20.1 Å². The molecule has 2 aliphatic rings. The molecular weight excluding hydrogens is 469 g/mol. The van der Waals surface area contributed by atoms with Crippen LogP contribution in [0.5, 0.6) is 11.5 Å². The van der Waals surface area contributed by atoms with Crippen molar-refractivity contribution in [3.8, 4) is 11.5 Å². The lowest BCUT2D eigenvalue weighted by Crippen LogP contribution is -2.48. The Morgan fingerprint density at radius 1 is 1.07 bits per heavy atom. The van der Waals surface area contributed by atoms with Crippen molar-refractivity contribution in [2.45, 2.75) is 50.9 Å². The van der Waals surface area contributed by atoms with Gasteiger partial charge in [0, 0.05) is 38.8 Å². The summed E-state index contributed by atoms with van der Waals surface area (Å²) < 4.78 is 16.7. The summed E-state index contributed by atoms with van der Waals surface area (Å²) in [4.78, 5) is 4.39. The number of ether oxygens (including phenoxy) is 3. The quantitative estimate of drug-likeness (QED) is 0.245. The number of hydrogen-bond donors (Lipinski definition) is 2. The fourth-order valence-corrected chi connectivity index (χ4v) is 3.79. The van der Waals surface area contributed by atoms with Crippen LogP contribution in [0, 0.1) is 0 Å². The lowest BCUT2D eigenvalue weighted by Gasteiger charge is -2.38. The molecule has 1 saturated heterocycles. The Bertz CT molecular complexity index is 633. The number of benzene rings is 1. The van der Waals surface area contributed by atoms with Crippen molar-refractivity contribution >= 4 is 29.9 Å². The van der Waals surface area contributed by atoms with E-state index >= 15 is 0 Å². The summed E-state index contributed by atoms with van der Waals surface area (Å²) in [5, 5.41) is 6.99. The summed E-state index contributed by atoms with van der Waals surface area (Å²) >= 11 is 0. The number of aliphatic imine (C=N–C) groups is 1. The number of hydrogen-bond acceptors (Lipinski definition) is 4. The maximum atomic E-state index is 5.64. The van der Waals surface area contributed by atoms with Gasteiger partial charge in [-0.05, 0) is 37.0 Å². The average Bonchev–Trinajstić information content (AvgIpc) is 3.18. The fraction of sp³-hybridized carbons (Fsp3) is 0.667. The van der Waals surface area contributed by atoms with E-state index in [4.69, 9.17) is 14.2 Å². The van der Waals surface area contributed by atoms with Crippen LogP contribution in [0.1, 0.15) is 51.0 Å². The van der Waals surface area contributed by atoms with Crippen LogP contribution in [0.3, 0.4) is 0 Å². The number of nitrogens with zero attached hydrogens (tertiary/aromatic N) is 1. The molecule has 1 fully saturated rings. The van der Waals surface area contributed by atoms with Gasteiger partial charge in [0.05, 0.1) is 0 Å². The van der Waals surface area contributed by atoms with Gasteiger partial charge < -0.3 is 24.8 Å². The van der Waals surface area contributed by atoms with Crippen LogP contribution in [0.25, 0.3) is 0 Å². The maximum absolute atomic E-state index is 5.64. The second-order valence-electron chi connectivity index (χ2n) is 7.37. The van der Waals surface area contributed by atoms with Gasteiger partial charge in [-0.2, -0.15) is 0 Å². The second kappa shape index (κ2) is 11.7. The monoisotopic (exact) mass is 503 g/mol. The predicted molar refractivity (Wildman–Crippen MR) is 123 cm³/mol. The molecular formula is C21H34IN3O3. The highest BCUT2D eigenvalue weighted by Crippen LogP contribution is 2.40. The van der Waals surface area contributed by atoms with Gasteiger partial charge in [0.25, 0.3) is 0 Å². The normalized spacial score (nSPS) is 17.7. The zero-order valence-electron chi connectivity index (χ0n) is 17.1. The first-order valence-corrected chi connectivity index (χ1v) is 10.2. The summed E-state index contributed by atoms with van der Waals surface area (Å²) in [6.07, 6.45) is 6.95. The van der Waals surface area contributed by atoms with Crippen LogP contribution in [-0.4, -0.2) is 46.1 Å². The first-order valence-electron chi connectivity index (χ1n) is 10.2. The Labute approximate surface area is 185 Å². The van der Waals surface area contributed by atoms with Crippen molar-refractivity contribution in [3.63, 3.8) is 0 Å². The molecule has 0 atom stereocenters. The van der Waals surface area contributed by atoms with Gasteiger partial charge in [0.2, 0.25) is 6.79 Å². The number of guanidine groups is 1. The van der Waals surface area contributed by atoms with Crippen molar-refractivity contribution in [1.29, 1.82) is 0 Å². The standard InChI is InChI=1S/C21H33N3O3.HI/c1-3-4-5-6-11-23-20(22-2)24-15-21(9-12-25-13-10-21)17-7-8-18-19(14-17)27-16-26-18;/h7-8,14H,3-6,9-13,15-16H2,1-2H3,(H2,22,23,24);1H. The molecule has 2 heterocycles. The van der Waals surface area contributed by atoms with Gasteiger partial charge >= 0.3 is 0 Å². The predicted octanol–water partition coefficient (Wildman–Crippen LogP) is 3.83. The van der Waals surface area contributed by atoms with E-state index in [1.807, 2.05) is 13.1 Å². The molecule has 2 aliphatic heterocycles. The van der Waals surface area contributed by atoms with Gasteiger partial charge in [-0.3, -0.25) is 4.99 Å². The Hall–Kier alpha value is -1.22. The number of unbranched alkanes of at least 4 members (excludes halogenated alkanes) is 3. The van der Waals surface area contributed by atoms with E-state index in [1.54, 1.807) is 0 Å². The molecule has 158 valence electrons. The van der Waals surface area contributed by atoms with Gasteiger partial charge in [-0.1, -0.05) is 32.3 Å². The smallest absolute Gasteiger partial charge is 0.231 e. The van der Waals surface area contributed by atoms with E-state index in [9.17, 15) is 0 Å². The first kappa shape index (κ1) is 23.1. The summed E-state index contributed by atoms with van der Waals surface area (Å²) in [6, 6.07) is 6.33. The van der Waals surface area contributed by atoms with Crippen LogP contribution >= 0.6 is 24.0 Å². The zero-order valence-corrected chi connectivity index (χ0v) is 19.4. The number of nitrogens with one attached hydrogen (secondary N) is 2. The summed E-state index contributed by atoms with van der Waals surface area (Å²) in [5.41, 5.74) is 1.29. The molecule has 0 unspecified atom stereocenters. The third-order valence-electron chi connectivity index (χ3n) is 5.58. The third kappa shape index (κ3) is 5.89. The Morgan fingerprint density at radius 2 is 1.86 bits per heavy atom. The van der Waals surface area contributed by atoms with E-state index in [-0.39, 0.29) is 29.4 Å². The SMILES string of the molecule is CCCCCCNC(=NC)NCC1(c2ccc3c(c2)OCO3)CCOCC1.I. The van der Waals surface area contributed by atoms with Crippen LogP contribution in [0.15, 0.2) is 23.2 Å². The molecule has 2 N–H and O–H groups in total. The van der Waals surface area contributed by atoms with Gasteiger partial charge in [0.15, 0.2) is 17.5 Å². The van der Waals surface area contributed by atoms with Gasteiger partial charge in [-0.25, -0.2) is 0 Å². The third-order valence-corrected chi connectivity index (χ3v) is 5.58. The van der Waals surface area contributed by atoms with E-state index in [0.717, 1.165) is 56.6 Å². The summed E-state index contributed by atoms with van der Waals surface area (Å²) in [7, 11) is 1.83. The number of rotatable bonds is 8. The molecule has 0 bridgehead atoms. The molecule has 0 aromatic heterocycles. The molecule has 1 aromatic carbocycles. The van der Waals surface area contributed by atoms with E-state index in [2.05, 4.69) is 34.7 Å². The van der Waals surface area contributed by atoms with Crippen LogP contribution in [0.2, 0.25) is 0 Å². The van der Waals surface area contributed by atoms with E-state index in [1.165, 1.54) is 31.2 Å². The Morgan fingerprint density at radius 3 is 2.61 bits per heavy atom. The highest BCUT2D eigenvalue weighted by Gasteiger charge is 2.35. The molecule has 0 aliphatic carbocycles. The lowest BCUT2D eigenvalue weighted by atomic mass is 9.74. The van der Waals surface area contributed by atoms with Crippen molar-refractivity contribution < 1.29 is 14.2 Å². The van der Waals surface area contributed by atoms with Crippen LogP contribution in [-0.2, 0) is 10.2 Å². The van der Waals surface area contributed by atoms with Crippen molar-refractivity contribution in [2.24, 2.45) is 4.99 Å². The molecule has 6 nitrogen and oxygen atoms in total. The Kier molecular flexibility index (Phi) is 9.64. The topological polar surface area (TPSA) is 64.1 Å². The molecule has 1 aromatic rings. The summed E-state index contributed by atoms with van der Waals surface area (Å²) in [5.74, 6) is 2.55. The molecule has 0 radical (unpaired) electrons. The second-order valence-corrected chi connectivity index (χ2v) is 7.37.